The first-order chi connectivity index (χ1) is 13.2. The monoisotopic (exact) mass is 472 g/mol. The highest BCUT2D eigenvalue weighted by atomic mass is 79.9. The molecule has 1 N–H and O–H groups in total. The van der Waals surface area contributed by atoms with Gasteiger partial charge in [0.2, 0.25) is 0 Å². The fourth-order valence-corrected chi connectivity index (χ4v) is 4.70. The molecule has 0 aliphatic carbocycles. The van der Waals surface area contributed by atoms with E-state index < -0.39 is 27.4 Å². The minimum atomic E-state index is -3.97. The molecule has 2 aromatic carbocycles. The van der Waals surface area contributed by atoms with Crippen molar-refractivity contribution in [3.8, 4) is 5.75 Å². The SMILES string of the molecule is COC(=O)c1c(CS(=O)(=O)c2ccc(F)cc2C=CCO)ccc(Br)c1OC. The molecule has 0 bridgehead atoms. The van der Waals surface area contributed by atoms with Crippen molar-refractivity contribution in [2.75, 3.05) is 20.8 Å². The van der Waals surface area contributed by atoms with E-state index in [2.05, 4.69) is 15.9 Å². The summed E-state index contributed by atoms with van der Waals surface area (Å²) in [6, 6.07) is 6.28. The standard InChI is InChI=1S/C19H18BrFO6S/c1-26-18-15(20)7-5-13(17(18)19(23)27-2)11-28(24,25)16-8-6-14(21)10-12(16)4-3-9-22/h3-8,10,22H,9,11H2,1-2H3. The Labute approximate surface area is 170 Å². The largest absolute Gasteiger partial charge is 0.495 e. The van der Waals surface area contributed by atoms with E-state index in [9.17, 15) is 17.6 Å². The van der Waals surface area contributed by atoms with E-state index in [1.807, 2.05) is 0 Å². The Kier molecular flexibility index (Phi) is 7.34. The normalized spacial score (nSPS) is 11.6. The summed E-state index contributed by atoms with van der Waals surface area (Å²) in [6.07, 6.45) is 2.62. The van der Waals surface area contributed by atoms with Crippen LogP contribution in [0, 0.1) is 5.82 Å². The molecule has 0 heterocycles. The minimum absolute atomic E-state index is 0.0162. The van der Waals surface area contributed by atoms with Gasteiger partial charge in [-0.2, -0.15) is 0 Å². The molecule has 0 saturated heterocycles. The molecule has 0 aliphatic rings. The summed E-state index contributed by atoms with van der Waals surface area (Å²) in [7, 11) is -1.44. The van der Waals surface area contributed by atoms with Crippen molar-refractivity contribution in [2.24, 2.45) is 0 Å². The smallest absolute Gasteiger partial charge is 0.342 e. The molecule has 0 aliphatic heterocycles. The van der Waals surface area contributed by atoms with Gasteiger partial charge in [-0.25, -0.2) is 17.6 Å². The zero-order valence-corrected chi connectivity index (χ0v) is 17.5. The summed E-state index contributed by atoms with van der Waals surface area (Å²) < 4.78 is 50.1. The van der Waals surface area contributed by atoms with Crippen molar-refractivity contribution < 1.29 is 32.2 Å². The Morgan fingerprint density at radius 2 is 1.96 bits per heavy atom. The minimum Gasteiger partial charge on any atom is -0.495 e. The van der Waals surface area contributed by atoms with Gasteiger partial charge in [0.1, 0.15) is 17.1 Å². The predicted octanol–water partition coefficient (Wildman–Crippen LogP) is 3.36. The summed E-state index contributed by atoms with van der Waals surface area (Å²) in [5.41, 5.74) is 0.253. The summed E-state index contributed by atoms with van der Waals surface area (Å²) >= 11 is 3.25. The first-order valence-corrected chi connectivity index (χ1v) is 10.4. The third-order valence-corrected chi connectivity index (χ3v) is 6.20. The topological polar surface area (TPSA) is 89.9 Å². The molecule has 6 nitrogen and oxygen atoms in total. The fraction of sp³-hybridized carbons (Fsp3) is 0.211. The van der Waals surface area contributed by atoms with Gasteiger partial charge in [0, 0.05) is 0 Å². The lowest BCUT2D eigenvalue weighted by Crippen LogP contribution is -2.13. The molecule has 0 unspecified atom stereocenters. The zero-order valence-electron chi connectivity index (χ0n) is 15.1. The molecule has 0 saturated carbocycles. The molecule has 0 spiro atoms. The highest BCUT2D eigenvalue weighted by molar-refractivity contribution is 9.10. The molecule has 0 amide bonds. The third-order valence-electron chi connectivity index (χ3n) is 3.84. The second-order valence-corrected chi connectivity index (χ2v) is 8.44. The van der Waals surface area contributed by atoms with E-state index >= 15 is 0 Å². The number of rotatable bonds is 7. The van der Waals surface area contributed by atoms with Gasteiger partial charge in [-0.15, -0.1) is 0 Å². The number of aliphatic hydroxyl groups excluding tert-OH is 1. The summed E-state index contributed by atoms with van der Waals surface area (Å²) in [5, 5.41) is 8.93. The van der Waals surface area contributed by atoms with E-state index in [-0.39, 0.29) is 33.9 Å². The van der Waals surface area contributed by atoms with Crippen molar-refractivity contribution in [1.29, 1.82) is 0 Å². The van der Waals surface area contributed by atoms with Gasteiger partial charge >= 0.3 is 5.97 Å². The molecule has 2 rings (SSSR count). The second kappa shape index (κ2) is 9.31. The second-order valence-electron chi connectivity index (χ2n) is 5.63. The van der Waals surface area contributed by atoms with Gasteiger partial charge in [-0.1, -0.05) is 18.2 Å². The molecule has 150 valence electrons. The molecule has 28 heavy (non-hydrogen) atoms. The van der Waals surface area contributed by atoms with E-state index in [0.717, 1.165) is 18.2 Å². The average molecular weight is 473 g/mol. The van der Waals surface area contributed by atoms with Gasteiger partial charge in [0.15, 0.2) is 9.84 Å². The van der Waals surface area contributed by atoms with Gasteiger partial charge in [0.05, 0.1) is 35.9 Å². The van der Waals surface area contributed by atoms with Crippen LogP contribution in [0.2, 0.25) is 0 Å². The highest BCUT2D eigenvalue weighted by Crippen LogP contribution is 2.34. The van der Waals surface area contributed by atoms with Crippen LogP contribution in [0.25, 0.3) is 6.08 Å². The lowest BCUT2D eigenvalue weighted by atomic mass is 10.1. The Bertz CT molecular complexity index is 1020. The molecular formula is C19H18BrFO6S. The van der Waals surface area contributed by atoms with Crippen LogP contribution in [0.1, 0.15) is 21.5 Å². The molecule has 0 fully saturated rings. The maximum absolute atomic E-state index is 13.6. The van der Waals surface area contributed by atoms with Crippen LogP contribution in [0.5, 0.6) is 5.75 Å². The average Bonchev–Trinajstić information content (AvgIpc) is 2.66. The molecule has 0 aromatic heterocycles. The number of halogens is 2. The van der Waals surface area contributed by atoms with Crippen LogP contribution in [0.15, 0.2) is 45.8 Å². The summed E-state index contributed by atoms with van der Waals surface area (Å²) in [6.45, 7) is -0.327. The predicted molar refractivity (Wildman–Crippen MR) is 105 cm³/mol. The Balaban J connectivity index is 2.60. The van der Waals surface area contributed by atoms with Crippen LogP contribution in [0.4, 0.5) is 4.39 Å². The molecular weight excluding hydrogens is 455 g/mol. The molecule has 2 aromatic rings. The number of carbonyl (C=O) groups is 1. The number of sulfone groups is 1. The molecule has 0 radical (unpaired) electrons. The lowest BCUT2D eigenvalue weighted by Gasteiger charge is -2.15. The first kappa shape index (κ1) is 22.1. The van der Waals surface area contributed by atoms with Crippen LogP contribution in [-0.4, -0.2) is 40.3 Å². The van der Waals surface area contributed by atoms with Crippen molar-refractivity contribution in [2.45, 2.75) is 10.6 Å². The highest BCUT2D eigenvalue weighted by Gasteiger charge is 2.26. The van der Waals surface area contributed by atoms with Gasteiger partial charge in [0.25, 0.3) is 0 Å². The number of hydrogen-bond donors (Lipinski definition) is 1. The number of hydrogen-bond acceptors (Lipinski definition) is 6. The van der Waals surface area contributed by atoms with Crippen molar-refractivity contribution in [3.63, 3.8) is 0 Å². The van der Waals surface area contributed by atoms with E-state index in [1.165, 1.54) is 32.4 Å². The number of benzene rings is 2. The molecule has 0 atom stereocenters. The quantitative estimate of drug-likeness (QED) is 0.490. The first-order valence-electron chi connectivity index (χ1n) is 7.98. The summed E-state index contributed by atoms with van der Waals surface area (Å²) in [4.78, 5) is 12.1. The number of ether oxygens (including phenoxy) is 2. The van der Waals surface area contributed by atoms with Crippen molar-refractivity contribution in [3.05, 3.63) is 63.4 Å². The molecule has 9 heteroatoms. The number of esters is 1. The van der Waals surface area contributed by atoms with Crippen LogP contribution < -0.4 is 4.74 Å². The van der Waals surface area contributed by atoms with E-state index in [4.69, 9.17) is 14.6 Å². The van der Waals surface area contributed by atoms with Gasteiger partial charge in [-0.3, -0.25) is 0 Å². The fourth-order valence-electron chi connectivity index (χ4n) is 2.64. The van der Waals surface area contributed by atoms with Crippen molar-refractivity contribution in [1.82, 2.24) is 0 Å². The van der Waals surface area contributed by atoms with Crippen LogP contribution >= 0.6 is 15.9 Å². The number of aliphatic hydroxyl groups is 1. The van der Waals surface area contributed by atoms with Crippen LogP contribution in [-0.2, 0) is 20.3 Å². The maximum atomic E-state index is 13.6. The van der Waals surface area contributed by atoms with Crippen LogP contribution in [0.3, 0.4) is 0 Å². The van der Waals surface area contributed by atoms with Gasteiger partial charge in [-0.05, 0) is 51.3 Å². The Morgan fingerprint density at radius 1 is 1.25 bits per heavy atom. The summed E-state index contributed by atoms with van der Waals surface area (Å²) in [5.74, 6) is -1.74. The van der Waals surface area contributed by atoms with E-state index in [1.54, 1.807) is 6.07 Å². The Morgan fingerprint density at radius 3 is 2.57 bits per heavy atom. The lowest BCUT2D eigenvalue weighted by molar-refractivity contribution is 0.0596. The number of methoxy groups -OCH3 is 2. The van der Waals surface area contributed by atoms with Crippen molar-refractivity contribution >= 4 is 37.8 Å². The van der Waals surface area contributed by atoms with Gasteiger partial charge < -0.3 is 14.6 Å². The Hall–Kier alpha value is -2.23. The maximum Gasteiger partial charge on any atom is 0.342 e. The zero-order chi connectivity index (χ0) is 20.9. The van der Waals surface area contributed by atoms with E-state index in [0.29, 0.717) is 4.47 Å². The number of carbonyl (C=O) groups excluding carboxylic acids is 1. The third kappa shape index (κ3) is 4.78.